The van der Waals surface area contributed by atoms with E-state index in [9.17, 15) is 9.59 Å². The van der Waals surface area contributed by atoms with E-state index in [2.05, 4.69) is 15.1 Å². The zero-order valence-corrected chi connectivity index (χ0v) is 14.0. The van der Waals surface area contributed by atoms with Gasteiger partial charge in [0.05, 0.1) is 6.04 Å². The lowest BCUT2D eigenvalue weighted by Crippen LogP contribution is -2.32. The summed E-state index contributed by atoms with van der Waals surface area (Å²) in [4.78, 5) is 30.6. The van der Waals surface area contributed by atoms with Crippen LogP contribution in [-0.4, -0.2) is 39.9 Å². The number of hydrazone groups is 1. The molecule has 0 fully saturated rings. The number of ether oxygens (including phenoxy) is 1. The van der Waals surface area contributed by atoms with Crippen LogP contribution in [0.2, 0.25) is 0 Å². The molecule has 0 aliphatic carbocycles. The molecule has 8 heteroatoms. The van der Waals surface area contributed by atoms with Crippen LogP contribution in [-0.2, 0) is 6.42 Å². The van der Waals surface area contributed by atoms with E-state index in [0.29, 0.717) is 24.0 Å². The summed E-state index contributed by atoms with van der Waals surface area (Å²) in [7, 11) is 0. The predicted molar refractivity (Wildman–Crippen MR) is 89.7 cm³/mol. The van der Waals surface area contributed by atoms with E-state index in [0.717, 1.165) is 18.7 Å². The van der Waals surface area contributed by atoms with Crippen LogP contribution < -0.4 is 15.9 Å². The average Bonchev–Trinajstić information content (AvgIpc) is 2.91. The molecule has 0 saturated carbocycles. The van der Waals surface area contributed by atoms with Gasteiger partial charge in [-0.3, -0.25) is 14.8 Å². The smallest absolute Gasteiger partial charge is 0.337 e. The van der Waals surface area contributed by atoms with Gasteiger partial charge in [-0.2, -0.15) is 10.1 Å². The van der Waals surface area contributed by atoms with Crippen molar-refractivity contribution in [3.05, 3.63) is 32.4 Å². The van der Waals surface area contributed by atoms with Crippen molar-refractivity contribution < 1.29 is 9.15 Å². The Morgan fingerprint density at radius 3 is 2.92 bits per heavy atom. The van der Waals surface area contributed by atoms with Crippen LogP contribution in [0.1, 0.15) is 32.8 Å². The second-order valence-corrected chi connectivity index (χ2v) is 5.76. The van der Waals surface area contributed by atoms with Crippen LogP contribution in [0.3, 0.4) is 0 Å². The van der Waals surface area contributed by atoms with Gasteiger partial charge in [0.25, 0.3) is 11.6 Å². The van der Waals surface area contributed by atoms with E-state index in [1.165, 1.54) is 6.07 Å². The molecular weight excluding hydrogens is 312 g/mol. The van der Waals surface area contributed by atoms with Crippen LogP contribution in [0, 0.1) is 0 Å². The first-order chi connectivity index (χ1) is 11.5. The number of nitrogens with zero attached hydrogens (tertiary/aromatic N) is 3. The third-order valence-electron chi connectivity index (χ3n) is 4.04. The van der Waals surface area contributed by atoms with Gasteiger partial charge in [0.1, 0.15) is 12.0 Å². The fourth-order valence-corrected chi connectivity index (χ4v) is 2.91. The molecule has 2 aromatic heterocycles. The Balaban J connectivity index is 1.86. The number of aromatic nitrogens is 2. The van der Waals surface area contributed by atoms with Crippen LogP contribution >= 0.6 is 0 Å². The summed E-state index contributed by atoms with van der Waals surface area (Å²) in [5, 5.41) is 6.66. The van der Waals surface area contributed by atoms with E-state index in [1.54, 1.807) is 0 Å². The molecule has 0 radical (unpaired) electrons. The van der Waals surface area contributed by atoms with E-state index in [-0.39, 0.29) is 23.3 Å². The first kappa shape index (κ1) is 16.2. The molecule has 0 amide bonds. The van der Waals surface area contributed by atoms with Gasteiger partial charge in [-0.25, -0.2) is 4.79 Å². The molecule has 1 atom stereocenters. The zero-order chi connectivity index (χ0) is 17.3. The monoisotopic (exact) mass is 332 g/mol. The minimum atomic E-state index is -0.527. The molecule has 3 rings (SSSR count). The Morgan fingerprint density at radius 2 is 2.21 bits per heavy atom. The summed E-state index contributed by atoms with van der Waals surface area (Å²) in [6.45, 7) is 6.97. The summed E-state index contributed by atoms with van der Waals surface area (Å²) in [5.74, 6) is 0. The normalized spacial score (nSPS) is 17.4. The maximum atomic E-state index is 12.3. The predicted octanol–water partition coefficient (Wildman–Crippen LogP) is 1.29. The standard InChI is InChI=1S/C16H20N4O4/c1-4-10-7-12(21)24-15-13(10)14(22)17-16(18-15)23-8-11-6-9(3)19-20(11)5-2/h7,11H,4-6,8H2,1-3H3,(H,17,18,22). The van der Waals surface area contributed by atoms with Crippen molar-refractivity contribution in [2.45, 2.75) is 39.7 Å². The Morgan fingerprint density at radius 1 is 1.42 bits per heavy atom. The molecule has 0 saturated heterocycles. The van der Waals surface area contributed by atoms with Gasteiger partial charge < -0.3 is 9.15 Å². The third kappa shape index (κ3) is 3.04. The highest BCUT2D eigenvalue weighted by molar-refractivity contribution is 5.83. The summed E-state index contributed by atoms with van der Waals surface area (Å²) in [5.41, 5.74) is 0.758. The Hall–Kier alpha value is -2.64. The number of hydrogen-bond donors (Lipinski definition) is 1. The van der Waals surface area contributed by atoms with Crippen molar-refractivity contribution in [1.82, 2.24) is 15.0 Å². The zero-order valence-electron chi connectivity index (χ0n) is 14.0. The number of aryl methyl sites for hydroxylation is 1. The van der Waals surface area contributed by atoms with E-state index < -0.39 is 5.63 Å². The highest BCUT2D eigenvalue weighted by atomic mass is 16.5. The molecule has 1 aliphatic heterocycles. The largest absolute Gasteiger partial charge is 0.462 e. The number of rotatable bonds is 5. The molecule has 1 aliphatic rings. The minimum absolute atomic E-state index is 0.00398. The van der Waals surface area contributed by atoms with E-state index >= 15 is 0 Å². The van der Waals surface area contributed by atoms with Crippen molar-refractivity contribution in [3.63, 3.8) is 0 Å². The number of aromatic amines is 1. The fraction of sp³-hybridized carbons (Fsp3) is 0.500. The highest BCUT2D eigenvalue weighted by Gasteiger charge is 2.24. The van der Waals surface area contributed by atoms with Gasteiger partial charge in [0, 0.05) is 24.7 Å². The molecule has 3 heterocycles. The van der Waals surface area contributed by atoms with Crippen molar-refractivity contribution in [2.24, 2.45) is 5.10 Å². The lowest BCUT2D eigenvalue weighted by Gasteiger charge is -2.21. The molecule has 0 spiro atoms. The van der Waals surface area contributed by atoms with Gasteiger partial charge in [-0.05, 0) is 25.8 Å². The van der Waals surface area contributed by atoms with E-state index in [1.807, 2.05) is 25.8 Å². The lowest BCUT2D eigenvalue weighted by atomic mass is 10.1. The number of hydrogen-bond acceptors (Lipinski definition) is 7. The number of fused-ring (bicyclic) bond motifs is 1. The second-order valence-electron chi connectivity index (χ2n) is 5.76. The molecule has 8 nitrogen and oxygen atoms in total. The number of nitrogens with one attached hydrogen (secondary N) is 1. The summed E-state index contributed by atoms with van der Waals surface area (Å²) in [6.07, 6.45) is 1.35. The van der Waals surface area contributed by atoms with Gasteiger partial charge in [0.15, 0.2) is 0 Å². The van der Waals surface area contributed by atoms with Crippen molar-refractivity contribution in [3.8, 4) is 6.01 Å². The van der Waals surface area contributed by atoms with Crippen molar-refractivity contribution in [1.29, 1.82) is 0 Å². The lowest BCUT2D eigenvalue weighted by molar-refractivity contribution is 0.156. The Bertz CT molecular complexity index is 899. The molecule has 0 aromatic carbocycles. The number of likely N-dealkylation sites (N-methyl/N-ethyl adjacent to an activating group) is 1. The Kier molecular flexibility index (Phi) is 4.37. The Labute approximate surface area is 138 Å². The first-order valence-corrected chi connectivity index (χ1v) is 8.02. The van der Waals surface area contributed by atoms with Gasteiger partial charge in [-0.15, -0.1) is 0 Å². The second kappa shape index (κ2) is 6.46. The van der Waals surface area contributed by atoms with Crippen LogP contribution in [0.4, 0.5) is 0 Å². The summed E-state index contributed by atoms with van der Waals surface area (Å²) in [6, 6.07) is 1.46. The minimum Gasteiger partial charge on any atom is -0.462 e. The van der Waals surface area contributed by atoms with Gasteiger partial charge in [0.2, 0.25) is 5.71 Å². The van der Waals surface area contributed by atoms with Crippen LogP contribution in [0.5, 0.6) is 6.01 Å². The summed E-state index contributed by atoms with van der Waals surface area (Å²) >= 11 is 0. The highest BCUT2D eigenvalue weighted by Crippen LogP contribution is 2.17. The number of H-pyrrole nitrogens is 1. The maximum Gasteiger partial charge on any atom is 0.337 e. The third-order valence-corrected chi connectivity index (χ3v) is 4.04. The van der Waals surface area contributed by atoms with Crippen LogP contribution in [0.15, 0.2) is 25.2 Å². The first-order valence-electron chi connectivity index (χ1n) is 8.02. The molecule has 0 bridgehead atoms. The maximum absolute atomic E-state index is 12.3. The average molecular weight is 332 g/mol. The molecule has 1 N–H and O–H groups in total. The molecule has 24 heavy (non-hydrogen) atoms. The molecule has 2 aromatic rings. The van der Waals surface area contributed by atoms with Gasteiger partial charge >= 0.3 is 5.63 Å². The topological polar surface area (TPSA) is 101 Å². The molecular formula is C16H20N4O4. The SMILES string of the molecule is CCc1cc(=O)oc2nc(OCC3CC(C)=NN3CC)[nH]c(=O)c12. The van der Waals surface area contributed by atoms with Gasteiger partial charge in [-0.1, -0.05) is 6.92 Å². The van der Waals surface area contributed by atoms with E-state index in [4.69, 9.17) is 9.15 Å². The summed E-state index contributed by atoms with van der Waals surface area (Å²) < 4.78 is 10.7. The van der Waals surface area contributed by atoms with Crippen LogP contribution in [0.25, 0.3) is 11.1 Å². The van der Waals surface area contributed by atoms with Crippen molar-refractivity contribution in [2.75, 3.05) is 13.2 Å². The van der Waals surface area contributed by atoms with Crippen molar-refractivity contribution >= 4 is 16.8 Å². The quantitative estimate of drug-likeness (QED) is 0.885. The fourth-order valence-electron chi connectivity index (χ4n) is 2.91. The molecule has 128 valence electrons. The molecule has 1 unspecified atom stereocenters.